The molecule has 1 aromatic carbocycles. The van der Waals surface area contributed by atoms with Crippen molar-refractivity contribution in [2.75, 3.05) is 13.6 Å². The molecule has 0 radical (unpaired) electrons. The molecule has 0 saturated heterocycles. The van der Waals surface area contributed by atoms with Gasteiger partial charge < -0.3 is 10.2 Å². The largest absolute Gasteiger partial charge is 0.478 e. The first-order valence-corrected chi connectivity index (χ1v) is 5.94. The van der Waals surface area contributed by atoms with Gasteiger partial charge in [-0.25, -0.2) is 9.18 Å². The SMILES string of the molecule is CC(O)CN(C)Cc1ccc(C=CC(=O)O)cc1F. The van der Waals surface area contributed by atoms with Gasteiger partial charge in [-0.3, -0.25) is 4.90 Å². The number of aliphatic hydroxyl groups excluding tert-OH is 1. The lowest BCUT2D eigenvalue weighted by Crippen LogP contribution is -2.27. The molecule has 5 heteroatoms. The molecule has 0 aliphatic heterocycles. The van der Waals surface area contributed by atoms with Crippen LogP contribution in [0.1, 0.15) is 18.1 Å². The molecular formula is C14H18FNO3. The molecular weight excluding hydrogens is 249 g/mol. The number of aliphatic carboxylic acids is 1. The highest BCUT2D eigenvalue weighted by atomic mass is 19.1. The smallest absolute Gasteiger partial charge is 0.328 e. The minimum absolute atomic E-state index is 0.384. The van der Waals surface area contributed by atoms with Crippen LogP contribution in [0.25, 0.3) is 6.08 Å². The molecule has 0 spiro atoms. The number of carbonyl (C=O) groups is 1. The zero-order chi connectivity index (χ0) is 14.4. The number of halogens is 1. The number of benzene rings is 1. The van der Waals surface area contributed by atoms with Gasteiger partial charge in [-0.1, -0.05) is 12.1 Å². The van der Waals surface area contributed by atoms with Crippen LogP contribution in [-0.4, -0.2) is 40.8 Å². The van der Waals surface area contributed by atoms with Crippen molar-refractivity contribution in [3.8, 4) is 0 Å². The number of rotatable bonds is 6. The van der Waals surface area contributed by atoms with Gasteiger partial charge in [0.2, 0.25) is 0 Å². The van der Waals surface area contributed by atoms with Crippen LogP contribution in [0.3, 0.4) is 0 Å². The highest BCUT2D eigenvalue weighted by molar-refractivity contribution is 5.85. The highest BCUT2D eigenvalue weighted by Gasteiger charge is 2.08. The molecule has 1 unspecified atom stereocenters. The number of aliphatic hydroxyl groups is 1. The summed E-state index contributed by atoms with van der Waals surface area (Å²) in [5, 5.41) is 17.7. The Kier molecular flexibility index (Phi) is 5.66. The second-order valence-electron chi connectivity index (χ2n) is 4.57. The van der Waals surface area contributed by atoms with Gasteiger partial charge in [-0.15, -0.1) is 0 Å². The van der Waals surface area contributed by atoms with Crippen molar-refractivity contribution in [2.24, 2.45) is 0 Å². The molecule has 0 saturated carbocycles. The van der Waals surface area contributed by atoms with Crippen LogP contribution in [0.4, 0.5) is 4.39 Å². The number of hydrogen-bond acceptors (Lipinski definition) is 3. The third-order valence-electron chi connectivity index (χ3n) is 2.51. The summed E-state index contributed by atoms with van der Waals surface area (Å²) in [5.74, 6) is -1.45. The first kappa shape index (κ1) is 15.3. The fourth-order valence-corrected chi connectivity index (χ4v) is 1.77. The van der Waals surface area contributed by atoms with Crippen LogP contribution in [0.5, 0.6) is 0 Å². The van der Waals surface area contributed by atoms with Crippen molar-refractivity contribution in [3.63, 3.8) is 0 Å². The molecule has 0 amide bonds. The summed E-state index contributed by atoms with van der Waals surface area (Å²) in [7, 11) is 1.80. The zero-order valence-electron chi connectivity index (χ0n) is 11.0. The number of hydrogen-bond donors (Lipinski definition) is 2. The first-order valence-electron chi connectivity index (χ1n) is 5.94. The third-order valence-corrected chi connectivity index (χ3v) is 2.51. The highest BCUT2D eigenvalue weighted by Crippen LogP contribution is 2.13. The molecule has 0 aliphatic carbocycles. The zero-order valence-corrected chi connectivity index (χ0v) is 11.0. The Morgan fingerprint density at radius 3 is 2.74 bits per heavy atom. The normalized spacial score (nSPS) is 13.1. The lowest BCUT2D eigenvalue weighted by molar-refractivity contribution is -0.131. The summed E-state index contributed by atoms with van der Waals surface area (Å²) in [5.41, 5.74) is 1.01. The van der Waals surface area contributed by atoms with Crippen molar-refractivity contribution < 1.29 is 19.4 Å². The van der Waals surface area contributed by atoms with E-state index in [1.54, 1.807) is 26.1 Å². The molecule has 4 nitrogen and oxygen atoms in total. The first-order chi connectivity index (χ1) is 8.88. The summed E-state index contributed by atoms with van der Waals surface area (Å²) < 4.78 is 13.8. The average Bonchev–Trinajstić information content (AvgIpc) is 2.28. The molecule has 1 rings (SSSR count). The Morgan fingerprint density at radius 2 is 2.21 bits per heavy atom. The fraction of sp³-hybridized carbons (Fsp3) is 0.357. The van der Waals surface area contributed by atoms with E-state index in [9.17, 15) is 14.3 Å². The molecule has 2 N–H and O–H groups in total. The van der Waals surface area contributed by atoms with Gasteiger partial charge >= 0.3 is 5.97 Å². The van der Waals surface area contributed by atoms with Gasteiger partial charge in [-0.05, 0) is 31.7 Å². The molecule has 0 aromatic heterocycles. The quantitative estimate of drug-likeness (QED) is 0.771. The van der Waals surface area contributed by atoms with Gasteiger partial charge in [0, 0.05) is 24.7 Å². The van der Waals surface area contributed by atoms with Crippen molar-refractivity contribution >= 4 is 12.0 Å². The maximum absolute atomic E-state index is 13.8. The van der Waals surface area contributed by atoms with Crippen LogP contribution in [0, 0.1) is 5.82 Å². The second-order valence-corrected chi connectivity index (χ2v) is 4.57. The Labute approximate surface area is 111 Å². The molecule has 0 heterocycles. The molecule has 0 aliphatic rings. The van der Waals surface area contributed by atoms with E-state index in [0.717, 1.165) is 6.08 Å². The van der Waals surface area contributed by atoms with Crippen molar-refractivity contribution in [3.05, 3.63) is 41.2 Å². The maximum atomic E-state index is 13.8. The summed E-state index contributed by atoms with van der Waals surface area (Å²) in [6.45, 7) is 2.52. The molecule has 1 atom stereocenters. The Bertz CT molecular complexity index is 472. The minimum atomic E-state index is -1.07. The van der Waals surface area contributed by atoms with Gasteiger partial charge in [0.1, 0.15) is 5.82 Å². The van der Waals surface area contributed by atoms with E-state index in [1.807, 2.05) is 4.90 Å². The van der Waals surface area contributed by atoms with Crippen LogP contribution in [0.2, 0.25) is 0 Å². The predicted molar refractivity (Wildman–Crippen MR) is 71.1 cm³/mol. The van der Waals surface area contributed by atoms with E-state index in [4.69, 9.17) is 5.11 Å². The van der Waals surface area contributed by atoms with Crippen molar-refractivity contribution in [1.82, 2.24) is 4.90 Å². The molecule has 0 bridgehead atoms. The molecule has 19 heavy (non-hydrogen) atoms. The van der Waals surface area contributed by atoms with E-state index in [0.29, 0.717) is 24.2 Å². The molecule has 104 valence electrons. The van der Waals surface area contributed by atoms with E-state index in [2.05, 4.69) is 0 Å². The van der Waals surface area contributed by atoms with E-state index in [-0.39, 0.29) is 5.82 Å². The molecule has 0 fully saturated rings. The van der Waals surface area contributed by atoms with E-state index >= 15 is 0 Å². The van der Waals surface area contributed by atoms with Gasteiger partial charge in [-0.2, -0.15) is 0 Å². The monoisotopic (exact) mass is 267 g/mol. The lowest BCUT2D eigenvalue weighted by Gasteiger charge is -2.18. The number of nitrogens with zero attached hydrogens (tertiary/aromatic N) is 1. The van der Waals surface area contributed by atoms with Crippen molar-refractivity contribution in [2.45, 2.75) is 19.6 Å². The third kappa shape index (κ3) is 5.63. The Balaban J connectivity index is 2.74. The van der Waals surface area contributed by atoms with Crippen LogP contribution >= 0.6 is 0 Å². The number of likely N-dealkylation sites (N-methyl/N-ethyl adjacent to an activating group) is 1. The topological polar surface area (TPSA) is 60.8 Å². The van der Waals surface area contributed by atoms with Crippen molar-refractivity contribution in [1.29, 1.82) is 0 Å². The Morgan fingerprint density at radius 1 is 1.53 bits per heavy atom. The summed E-state index contributed by atoms with van der Waals surface area (Å²) in [6.07, 6.45) is 1.84. The summed E-state index contributed by atoms with van der Waals surface area (Å²) >= 11 is 0. The standard InChI is InChI=1S/C14H18FNO3/c1-10(17)8-16(2)9-12-5-3-11(7-13(12)15)4-6-14(18)19/h3-7,10,17H,8-9H2,1-2H3,(H,18,19). The Hall–Kier alpha value is -1.72. The van der Waals surface area contributed by atoms with Crippen LogP contribution < -0.4 is 0 Å². The fourth-order valence-electron chi connectivity index (χ4n) is 1.77. The predicted octanol–water partition coefficient (Wildman–Crippen LogP) is 1.74. The van der Waals surface area contributed by atoms with Gasteiger partial charge in [0.15, 0.2) is 0 Å². The number of carboxylic acid groups (broad SMARTS) is 1. The maximum Gasteiger partial charge on any atom is 0.328 e. The minimum Gasteiger partial charge on any atom is -0.478 e. The summed E-state index contributed by atoms with van der Waals surface area (Å²) in [4.78, 5) is 12.2. The van der Waals surface area contributed by atoms with Crippen LogP contribution in [0.15, 0.2) is 24.3 Å². The van der Waals surface area contributed by atoms with Crippen LogP contribution in [-0.2, 0) is 11.3 Å². The van der Waals surface area contributed by atoms with E-state index in [1.165, 1.54) is 12.1 Å². The summed E-state index contributed by atoms with van der Waals surface area (Å²) in [6, 6.07) is 4.58. The van der Waals surface area contributed by atoms with Gasteiger partial charge in [0.05, 0.1) is 6.10 Å². The van der Waals surface area contributed by atoms with E-state index < -0.39 is 12.1 Å². The number of carboxylic acids is 1. The second kappa shape index (κ2) is 7.01. The van der Waals surface area contributed by atoms with Gasteiger partial charge in [0.25, 0.3) is 0 Å². The average molecular weight is 267 g/mol. The lowest BCUT2D eigenvalue weighted by atomic mass is 10.1. The molecule has 1 aromatic rings.